The number of benzene rings is 1. The summed E-state index contributed by atoms with van der Waals surface area (Å²) in [5, 5.41) is 11.4. The number of nitrogens with one attached hydrogen (secondary N) is 1. The average Bonchev–Trinajstić information content (AvgIpc) is 2.72. The Bertz CT molecular complexity index is 636. The van der Waals surface area contributed by atoms with Gasteiger partial charge in [-0.3, -0.25) is 4.79 Å². The van der Waals surface area contributed by atoms with Gasteiger partial charge in [-0.25, -0.2) is 0 Å². The van der Waals surface area contributed by atoms with Crippen molar-refractivity contribution >= 4 is 21.8 Å². The van der Waals surface area contributed by atoms with Gasteiger partial charge in [0.25, 0.3) is 5.91 Å². The molecule has 1 aromatic carbocycles. The number of amides is 1. The first-order valence-electron chi connectivity index (χ1n) is 7.19. The van der Waals surface area contributed by atoms with Crippen molar-refractivity contribution in [1.82, 2.24) is 20.1 Å². The first-order valence-corrected chi connectivity index (χ1v) is 7.98. The number of carbonyl (C=O) groups is 1. The lowest BCUT2D eigenvalue weighted by Crippen LogP contribution is -2.25. The topological polar surface area (TPSA) is 59.8 Å². The second-order valence-corrected chi connectivity index (χ2v) is 6.10. The number of carbonyl (C=O) groups excluding carboxylic acids is 1. The summed E-state index contributed by atoms with van der Waals surface area (Å²) in [5.74, 6) is 1.80. The van der Waals surface area contributed by atoms with E-state index < -0.39 is 0 Å². The minimum Gasteiger partial charge on any atom is -0.345 e. The fourth-order valence-corrected chi connectivity index (χ4v) is 2.80. The van der Waals surface area contributed by atoms with Crippen molar-refractivity contribution in [2.45, 2.75) is 38.8 Å². The summed E-state index contributed by atoms with van der Waals surface area (Å²) < 4.78 is 3.11. The van der Waals surface area contributed by atoms with Crippen LogP contribution in [0.4, 0.5) is 0 Å². The van der Waals surface area contributed by atoms with Gasteiger partial charge < -0.3 is 9.88 Å². The lowest BCUT2D eigenvalue weighted by molar-refractivity contribution is 0.0949. The van der Waals surface area contributed by atoms with Gasteiger partial charge in [-0.05, 0) is 37.1 Å². The molecule has 0 saturated heterocycles. The maximum absolute atomic E-state index is 12.1. The van der Waals surface area contributed by atoms with E-state index in [0.29, 0.717) is 12.1 Å². The largest absolute Gasteiger partial charge is 0.345 e. The summed E-state index contributed by atoms with van der Waals surface area (Å²) in [7, 11) is 0. The molecule has 3 rings (SSSR count). The third kappa shape index (κ3) is 3.32. The SMILES string of the molecule is O=C(NCc1nnc2n1CCCCC2)c1ccc(Br)cc1. The highest BCUT2D eigenvalue weighted by Crippen LogP contribution is 2.14. The lowest BCUT2D eigenvalue weighted by atomic mass is 10.2. The maximum atomic E-state index is 12.1. The lowest BCUT2D eigenvalue weighted by Gasteiger charge is -2.08. The zero-order chi connectivity index (χ0) is 14.7. The second kappa shape index (κ2) is 6.39. The van der Waals surface area contributed by atoms with Crippen LogP contribution in [0.5, 0.6) is 0 Å². The van der Waals surface area contributed by atoms with Crippen LogP contribution in [0.25, 0.3) is 0 Å². The second-order valence-electron chi connectivity index (χ2n) is 5.18. The highest BCUT2D eigenvalue weighted by Gasteiger charge is 2.15. The van der Waals surface area contributed by atoms with Crippen LogP contribution in [0, 0.1) is 0 Å². The first kappa shape index (κ1) is 14.3. The number of aryl methyl sites for hydroxylation is 1. The van der Waals surface area contributed by atoms with Crippen molar-refractivity contribution in [3.63, 3.8) is 0 Å². The van der Waals surface area contributed by atoms with Crippen molar-refractivity contribution < 1.29 is 4.79 Å². The van der Waals surface area contributed by atoms with E-state index >= 15 is 0 Å². The smallest absolute Gasteiger partial charge is 0.251 e. The van der Waals surface area contributed by atoms with Gasteiger partial charge in [0.2, 0.25) is 0 Å². The molecular formula is C15H17BrN4O. The number of hydrogen-bond acceptors (Lipinski definition) is 3. The van der Waals surface area contributed by atoms with Gasteiger partial charge in [-0.2, -0.15) is 0 Å². The number of hydrogen-bond donors (Lipinski definition) is 1. The van der Waals surface area contributed by atoms with Crippen LogP contribution in [0.1, 0.15) is 41.3 Å². The standard InChI is InChI=1S/C15H17BrN4O/c16-12-7-5-11(6-8-12)15(21)17-10-14-19-18-13-4-2-1-3-9-20(13)14/h5-8H,1-4,9-10H2,(H,17,21). The van der Waals surface area contributed by atoms with E-state index in [1.54, 1.807) is 12.1 Å². The van der Waals surface area contributed by atoms with Crippen molar-refractivity contribution in [2.24, 2.45) is 0 Å². The molecule has 0 unspecified atom stereocenters. The molecule has 0 atom stereocenters. The summed E-state index contributed by atoms with van der Waals surface area (Å²) in [6.45, 7) is 1.37. The molecule has 1 N–H and O–H groups in total. The Balaban J connectivity index is 1.66. The summed E-state index contributed by atoms with van der Waals surface area (Å²) in [6, 6.07) is 7.31. The van der Waals surface area contributed by atoms with E-state index in [-0.39, 0.29) is 5.91 Å². The van der Waals surface area contributed by atoms with Gasteiger partial charge in [-0.1, -0.05) is 22.4 Å². The minimum atomic E-state index is -0.0894. The molecule has 1 aromatic heterocycles. The van der Waals surface area contributed by atoms with Crippen molar-refractivity contribution in [2.75, 3.05) is 0 Å². The van der Waals surface area contributed by atoms with E-state index in [9.17, 15) is 4.79 Å². The zero-order valence-corrected chi connectivity index (χ0v) is 13.3. The van der Waals surface area contributed by atoms with Gasteiger partial charge in [0, 0.05) is 23.0 Å². The molecule has 0 aliphatic carbocycles. The molecule has 2 aromatic rings. The van der Waals surface area contributed by atoms with Gasteiger partial charge in [0.05, 0.1) is 6.54 Å². The first-order chi connectivity index (χ1) is 10.2. The molecule has 21 heavy (non-hydrogen) atoms. The molecule has 2 heterocycles. The molecule has 0 saturated carbocycles. The van der Waals surface area contributed by atoms with Crippen molar-refractivity contribution in [3.8, 4) is 0 Å². The molecule has 110 valence electrons. The fourth-order valence-electron chi connectivity index (χ4n) is 2.54. The van der Waals surface area contributed by atoms with E-state index in [4.69, 9.17) is 0 Å². The molecular weight excluding hydrogens is 332 g/mol. The van der Waals surface area contributed by atoms with E-state index in [1.165, 1.54) is 12.8 Å². The van der Waals surface area contributed by atoms with Gasteiger partial charge >= 0.3 is 0 Å². The average molecular weight is 349 g/mol. The van der Waals surface area contributed by atoms with Crippen LogP contribution in [0.3, 0.4) is 0 Å². The molecule has 5 nitrogen and oxygen atoms in total. The van der Waals surface area contributed by atoms with E-state index in [1.807, 2.05) is 12.1 Å². The van der Waals surface area contributed by atoms with Crippen LogP contribution in [-0.4, -0.2) is 20.7 Å². The molecule has 1 aliphatic rings. The normalized spacial score (nSPS) is 14.3. The van der Waals surface area contributed by atoms with E-state index in [2.05, 4.69) is 36.0 Å². The van der Waals surface area contributed by atoms with Crippen LogP contribution in [0.15, 0.2) is 28.7 Å². The van der Waals surface area contributed by atoms with Crippen LogP contribution in [-0.2, 0) is 19.5 Å². The van der Waals surface area contributed by atoms with Crippen molar-refractivity contribution in [1.29, 1.82) is 0 Å². The summed E-state index contributed by atoms with van der Waals surface area (Å²) in [5.41, 5.74) is 0.647. The van der Waals surface area contributed by atoms with Crippen LogP contribution >= 0.6 is 15.9 Å². The predicted molar refractivity (Wildman–Crippen MR) is 82.9 cm³/mol. The molecule has 1 amide bonds. The molecule has 0 spiro atoms. The van der Waals surface area contributed by atoms with Crippen molar-refractivity contribution in [3.05, 3.63) is 46.0 Å². The molecule has 0 fully saturated rings. The number of fused-ring (bicyclic) bond motifs is 1. The molecule has 0 bridgehead atoms. The Labute approximate surface area is 131 Å². The third-order valence-electron chi connectivity index (χ3n) is 3.70. The third-order valence-corrected chi connectivity index (χ3v) is 4.23. The van der Waals surface area contributed by atoms with E-state index in [0.717, 1.165) is 35.5 Å². The summed E-state index contributed by atoms with van der Waals surface area (Å²) in [6.07, 6.45) is 4.53. The molecule has 0 radical (unpaired) electrons. The Morgan fingerprint density at radius 2 is 2.00 bits per heavy atom. The van der Waals surface area contributed by atoms with Gasteiger partial charge in [0.15, 0.2) is 5.82 Å². The maximum Gasteiger partial charge on any atom is 0.251 e. The van der Waals surface area contributed by atoms with Crippen LogP contribution in [0.2, 0.25) is 0 Å². The number of rotatable bonds is 3. The highest BCUT2D eigenvalue weighted by atomic mass is 79.9. The van der Waals surface area contributed by atoms with Crippen LogP contribution < -0.4 is 5.32 Å². The number of halogens is 1. The summed E-state index contributed by atoms with van der Waals surface area (Å²) in [4.78, 5) is 12.1. The Hall–Kier alpha value is -1.69. The Kier molecular flexibility index (Phi) is 4.34. The minimum absolute atomic E-state index is 0.0894. The Morgan fingerprint density at radius 3 is 2.81 bits per heavy atom. The molecule has 6 heteroatoms. The van der Waals surface area contributed by atoms with Gasteiger partial charge in [0.1, 0.15) is 5.82 Å². The monoisotopic (exact) mass is 348 g/mol. The molecule has 1 aliphatic heterocycles. The fraction of sp³-hybridized carbons (Fsp3) is 0.400. The quantitative estimate of drug-likeness (QED) is 0.927. The zero-order valence-electron chi connectivity index (χ0n) is 11.7. The predicted octanol–water partition coefficient (Wildman–Crippen LogP) is 2.70. The highest BCUT2D eigenvalue weighted by molar-refractivity contribution is 9.10. The number of aromatic nitrogens is 3. The Morgan fingerprint density at radius 1 is 1.19 bits per heavy atom. The van der Waals surface area contributed by atoms with Gasteiger partial charge in [-0.15, -0.1) is 10.2 Å². The summed E-state index contributed by atoms with van der Waals surface area (Å²) >= 11 is 3.36. The number of nitrogens with zero attached hydrogens (tertiary/aromatic N) is 3.